The molecule has 0 radical (unpaired) electrons. The van der Waals surface area contributed by atoms with Crippen LogP contribution in [0.25, 0.3) is 0 Å². The largest absolute Gasteiger partial charge is 0.330 e. The summed E-state index contributed by atoms with van der Waals surface area (Å²) in [6.45, 7) is 7.53. The molecule has 1 aromatic rings. The van der Waals surface area contributed by atoms with E-state index >= 15 is 0 Å². The molecule has 0 aromatic heterocycles. The first-order chi connectivity index (χ1) is 8.29. The lowest BCUT2D eigenvalue weighted by Crippen LogP contribution is -1.96. The molecule has 1 rings (SSSR count). The van der Waals surface area contributed by atoms with Crippen LogP contribution >= 0.6 is 0 Å². The van der Waals surface area contributed by atoms with Gasteiger partial charge >= 0.3 is 0 Å². The summed E-state index contributed by atoms with van der Waals surface area (Å²) in [7, 11) is 0. The Morgan fingerprint density at radius 2 is 1.53 bits per heavy atom. The molecule has 0 aliphatic rings. The van der Waals surface area contributed by atoms with Gasteiger partial charge in [-0.15, -0.1) is 0 Å². The number of hydrogen-bond acceptors (Lipinski definition) is 1. The average molecular weight is 235 g/mol. The molecule has 0 bridgehead atoms. The summed E-state index contributed by atoms with van der Waals surface area (Å²) >= 11 is 0. The highest BCUT2D eigenvalue weighted by molar-refractivity contribution is 5.18. The van der Waals surface area contributed by atoms with Crippen LogP contribution in [0, 0.1) is 0 Å². The fourth-order valence-electron chi connectivity index (χ4n) is 1.88. The molecule has 0 aliphatic heterocycles. The molecular formula is C16H29N. The van der Waals surface area contributed by atoms with Crippen LogP contribution in [0.2, 0.25) is 0 Å². The molecule has 1 nitrogen and oxygen atoms in total. The third kappa shape index (κ3) is 7.98. The van der Waals surface area contributed by atoms with Gasteiger partial charge in [-0.25, -0.2) is 0 Å². The Labute approximate surface area is 107 Å². The minimum Gasteiger partial charge on any atom is -0.330 e. The molecular weight excluding hydrogens is 206 g/mol. The Morgan fingerprint density at radius 3 is 1.88 bits per heavy atom. The molecule has 0 amide bonds. The van der Waals surface area contributed by atoms with E-state index in [1.54, 1.807) is 0 Å². The van der Waals surface area contributed by atoms with Crippen molar-refractivity contribution in [2.45, 2.75) is 58.8 Å². The number of hydrogen-bond donors (Lipinski definition) is 1. The van der Waals surface area contributed by atoms with Crippen LogP contribution < -0.4 is 5.73 Å². The fourth-order valence-corrected chi connectivity index (χ4v) is 1.88. The normalized spacial score (nSPS) is 9.94. The van der Waals surface area contributed by atoms with Crippen LogP contribution in [0.5, 0.6) is 0 Å². The summed E-state index contributed by atoms with van der Waals surface area (Å²) in [6, 6.07) is 10.8. The molecule has 0 heterocycles. The predicted octanol–water partition coefficient (Wildman–Crippen LogP) is 4.73. The Hall–Kier alpha value is -0.820. The second-order valence-electron chi connectivity index (χ2n) is 4.42. The van der Waals surface area contributed by atoms with Gasteiger partial charge in [-0.2, -0.15) is 0 Å². The van der Waals surface area contributed by atoms with E-state index in [0.717, 1.165) is 12.5 Å². The Morgan fingerprint density at radius 1 is 0.941 bits per heavy atom. The Balaban J connectivity index is 0.000000366. The van der Waals surface area contributed by atoms with Crippen LogP contribution in [0.3, 0.4) is 0 Å². The number of nitrogens with two attached hydrogens (primary N) is 1. The molecule has 0 unspecified atom stereocenters. The maximum atomic E-state index is 5.21. The monoisotopic (exact) mass is 235 g/mol. The van der Waals surface area contributed by atoms with E-state index in [-0.39, 0.29) is 0 Å². The van der Waals surface area contributed by atoms with E-state index in [1.807, 2.05) is 0 Å². The van der Waals surface area contributed by atoms with E-state index in [2.05, 4.69) is 51.1 Å². The van der Waals surface area contributed by atoms with Crippen LogP contribution in [0.4, 0.5) is 0 Å². The average Bonchev–Trinajstić information content (AvgIpc) is 2.40. The fraction of sp³-hybridized carbons (Fsp3) is 0.625. The summed E-state index contributed by atoms with van der Waals surface area (Å²) in [6.07, 6.45) is 6.26. The van der Waals surface area contributed by atoms with Crippen LogP contribution in [0.15, 0.2) is 30.3 Å². The highest BCUT2D eigenvalue weighted by Crippen LogP contribution is 2.21. The Kier molecular flexibility index (Phi) is 11.1. The molecule has 0 aliphatic carbocycles. The van der Waals surface area contributed by atoms with Gasteiger partial charge in [-0.1, -0.05) is 63.9 Å². The number of benzene rings is 1. The summed E-state index contributed by atoms with van der Waals surface area (Å²) in [5.41, 5.74) is 6.70. The minimum absolute atomic E-state index is 0.760. The van der Waals surface area contributed by atoms with Gasteiger partial charge in [-0.3, -0.25) is 0 Å². The molecule has 1 aromatic carbocycles. The van der Waals surface area contributed by atoms with E-state index < -0.39 is 0 Å². The second kappa shape index (κ2) is 11.7. The highest BCUT2D eigenvalue weighted by Gasteiger charge is 2.03. The molecule has 2 N–H and O–H groups in total. The molecule has 0 atom stereocenters. The van der Waals surface area contributed by atoms with Crippen molar-refractivity contribution in [3.63, 3.8) is 0 Å². The maximum Gasteiger partial charge on any atom is -0.00773 e. The third-order valence-corrected chi connectivity index (χ3v) is 3.06. The highest BCUT2D eigenvalue weighted by atomic mass is 14.5. The van der Waals surface area contributed by atoms with Gasteiger partial charge in [0, 0.05) is 0 Å². The summed E-state index contributed by atoms with van der Waals surface area (Å²) in [5, 5.41) is 0. The molecule has 1 heteroatoms. The Bertz CT molecular complexity index is 235. The van der Waals surface area contributed by atoms with Crippen molar-refractivity contribution in [3.8, 4) is 0 Å². The summed E-state index contributed by atoms with van der Waals surface area (Å²) in [4.78, 5) is 0. The molecule has 0 fully saturated rings. The lowest BCUT2D eigenvalue weighted by atomic mass is 9.94. The van der Waals surface area contributed by atoms with Gasteiger partial charge in [0.05, 0.1) is 0 Å². The number of rotatable bonds is 6. The zero-order valence-electron chi connectivity index (χ0n) is 11.8. The first kappa shape index (κ1) is 16.2. The van der Waals surface area contributed by atoms with Crippen LogP contribution in [0.1, 0.15) is 64.4 Å². The molecule has 17 heavy (non-hydrogen) atoms. The van der Waals surface area contributed by atoms with E-state index in [9.17, 15) is 0 Å². The second-order valence-corrected chi connectivity index (χ2v) is 4.42. The van der Waals surface area contributed by atoms with E-state index in [1.165, 1.54) is 37.7 Å². The smallest absolute Gasteiger partial charge is 0.00773 e. The van der Waals surface area contributed by atoms with Gasteiger partial charge in [0.25, 0.3) is 0 Å². The van der Waals surface area contributed by atoms with Gasteiger partial charge in [0.15, 0.2) is 0 Å². The summed E-state index contributed by atoms with van der Waals surface area (Å²) < 4.78 is 0. The van der Waals surface area contributed by atoms with Crippen molar-refractivity contribution < 1.29 is 0 Å². The topological polar surface area (TPSA) is 26.0 Å². The van der Waals surface area contributed by atoms with Crippen molar-refractivity contribution in [2.24, 2.45) is 5.73 Å². The first-order valence-electron chi connectivity index (χ1n) is 7.05. The quantitative estimate of drug-likeness (QED) is 0.709. The van der Waals surface area contributed by atoms with E-state index in [0.29, 0.717) is 0 Å². The van der Waals surface area contributed by atoms with Crippen LogP contribution in [-0.4, -0.2) is 6.54 Å². The van der Waals surface area contributed by atoms with Crippen LogP contribution in [-0.2, 0) is 0 Å². The summed E-state index contributed by atoms with van der Waals surface area (Å²) in [5.74, 6) is 0.760. The van der Waals surface area contributed by atoms with Crippen molar-refractivity contribution in [3.05, 3.63) is 35.9 Å². The molecule has 0 spiro atoms. The molecule has 0 saturated heterocycles. The first-order valence-corrected chi connectivity index (χ1v) is 7.05. The van der Waals surface area contributed by atoms with Gasteiger partial charge < -0.3 is 5.73 Å². The van der Waals surface area contributed by atoms with Gasteiger partial charge in [-0.05, 0) is 37.3 Å². The molecule has 98 valence electrons. The lowest BCUT2D eigenvalue weighted by molar-refractivity contribution is 0.642. The minimum atomic E-state index is 0.760. The van der Waals surface area contributed by atoms with E-state index in [4.69, 9.17) is 5.73 Å². The number of unbranched alkanes of at least 4 members (excludes halogenated alkanes) is 2. The lowest BCUT2D eigenvalue weighted by Gasteiger charge is -2.11. The van der Waals surface area contributed by atoms with Crippen molar-refractivity contribution in [1.29, 1.82) is 0 Å². The maximum absolute atomic E-state index is 5.21. The zero-order valence-corrected chi connectivity index (χ0v) is 11.8. The predicted molar refractivity (Wildman–Crippen MR) is 78.3 cm³/mol. The van der Waals surface area contributed by atoms with Gasteiger partial charge in [0.1, 0.15) is 0 Å². The van der Waals surface area contributed by atoms with Crippen molar-refractivity contribution in [1.82, 2.24) is 0 Å². The van der Waals surface area contributed by atoms with Gasteiger partial charge in [0.2, 0.25) is 0 Å². The third-order valence-electron chi connectivity index (χ3n) is 3.06. The molecule has 0 saturated carbocycles. The van der Waals surface area contributed by atoms with Crippen molar-refractivity contribution >= 4 is 0 Å². The zero-order chi connectivity index (χ0) is 12.9. The SMILES string of the molecule is CCC(CC)c1ccccc1.CCCCCN. The standard InChI is InChI=1S/C11H16.C5H13N/c1-3-10(4-2)11-8-6-5-7-9-11;1-2-3-4-5-6/h5-10H,3-4H2,1-2H3;2-6H2,1H3. The van der Waals surface area contributed by atoms with Crippen molar-refractivity contribution in [2.75, 3.05) is 6.54 Å².